The number of carbonyl (C=O) groups excluding carboxylic acids is 1. The van der Waals surface area contributed by atoms with Crippen LogP contribution in [0.4, 0.5) is 22.7 Å². The summed E-state index contributed by atoms with van der Waals surface area (Å²) in [4.78, 5) is 26.9. The first-order valence-corrected chi connectivity index (χ1v) is 9.08. The number of aromatic nitrogens is 1. The molecule has 10 heteroatoms. The van der Waals surface area contributed by atoms with E-state index >= 15 is 0 Å². The largest absolute Gasteiger partial charge is 0.494 e. The van der Waals surface area contributed by atoms with Crippen LogP contribution in [0.5, 0.6) is 11.5 Å². The molecule has 31 heavy (non-hydrogen) atoms. The van der Waals surface area contributed by atoms with Crippen molar-refractivity contribution in [2.24, 2.45) is 10.2 Å². The number of hydrogen-bond donors (Lipinski definition) is 1. The van der Waals surface area contributed by atoms with Gasteiger partial charge in [-0.25, -0.2) is 0 Å². The zero-order chi connectivity index (χ0) is 22.4. The molecule has 3 rings (SSSR count). The van der Waals surface area contributed by atoms with Crippen LogP contribution in [0.25, 0.3) is 0 Å². The summed E-state index contributed by atoms with van der Waals surface area (Å²) in [7, 11) is 2.91. The van der Waals surface area contributed by atoms with E-state index in [1.54, 1.807) is 43.3 Å². The van der Waals surface area contributed by atoms with Crippen molar-refractivity contribution in [2.75, 3.05) is 19.5 Å². The summed E-state index contributed by atoms with van der Waals surface area (Å²) in [6, 6.07) is 12.6. The van der Waals surface area contributed by atoms with Crippen molar-refractivity contribution in [3.05, 3.63) is 76.1 Å². The molecule has 0 aliphatic carbocycles. The van der Waals surface area contributed by atoms with Crippen LogP contribution >= 0.6 is 0 Å². The Balaban J connectivity index is 1.90. The van der Waals surface area contributed by atoms with Gasteiger partial charge in [0.05, 0.1) is 24.8 Å². The summed E-state index contributed by atoms with van der Waals surface area (Å²) >= 11 is 0. The lowest BCUT2D eigenvalue weighted by molar-refractivity contribution is -0.385. The van der Waals surface area contributed by atoms with E-state index < -0.39 is 4.92 Å². The fourth-order valence-electron chi connectivity index (χ4n) is 2.77. The van der Waals surface area contributed by atoms with Crippen molar-refractivity contribution in [3.63, 3.8) is 0 Å². The van der Waals surface area contributed by atoms with Crippen LogP contribution in [0.15, 0.2) is 65.0 Å². The summed E-state index contributed by atoms with van der Waals surface area (Å²) in [5, 5.41) is 22.0. The Morgan fingerprint density at radius 2 is 1.77 bits per heavy atom. The van der Waals surface area contributed by atoms with Crippen molar-refractivity contribution >= 4 is 28.7 Å². The molecule has 0 saturated carbocycles. The number of pyridine rings is 1. The van der Waals surface area contributed by atoms with E-state index in [9.17, 15) is 14.9 Å². The standard InChI is InChI=1S/C21H19N5O5/c1-13-10-14(7-8-17(13)26(28)29)24-25-20-18(30-2)11-15(12-19(20)31-3)23-21(27)16-6-4-5-9-22-16/h4-12H,1-3H3,(H,23,27)/b25-24-. The molecule has 1 N–H and O–H groups in total. The number of carbonyl (C=O) groups is 1. The first-order valence-electron chi connectivity index (χ1n) is 9.08. The Morgan fingerprint density at radius 3 is 2.32 bits per heavy atom. The van der Waals surface area contributed by atoms with Crippen LogP contribution in [0.1, 0.15) is 16.1 Å². The zero-order valence-corrected chi connectivity index (χ0v) is 17.0. The van der Waals surface area contributed by atoms with Crippen molar-refractivity contribution in [1.82, 2.24) is 4.98 Å². The van der Waals surface area contributed by atoms with E-state index in [-0.39, 0.29) is 17.3 Å². The predicted molar refractivity (Wildman–Crippen MR) is 114 cm³/mol. The van der Waals surface area contributed by atoms with Gasteiger partial charge in [-0.1, -0.05) is 6.07 Å². The van der Waals surface area contributed by atoms with Gasteiger partial charge in [-0.2, -0.15) is 5.11 Å². The second-order valence-electron chi connectivity index (χ2n) is 6.33. The van der Waals surface area contributed by atoms with E-state index in [1.165, 1.54) is 32.5 Å². The number of nitro benzene ring substituents is 1. The zero-order valence-electron chi connectivity index (χ0n) is 17.0. The van der Waals surface area contributed by atoms with Gasteiger partial charge in [0, 0.05) is 35.6 Å². The molecule has 0 spiro atoms. The smallest absolute Gasteiger partial charge is 0.274 e. The number of amides is 1. The Morgan fingerprint density at radius 1 is 1.06 bits per heavy atom. The monoisotopic (exact) mass is 421 g/mol. The molecule has 0 fully saturated rings. The number of aryl methyl sites for hydroxylation is 1. The molecule has 158 valence electrons. The van der Waals surface area contributed by atoms with Gasteiger partial charge in [0.25, 0.3) is 11.6 Å². The number of nitro groups is 1. The molecule has 1 aromatic heterocycles. The fraction of sp³-hybridized carbons (Fsp3) is 0.143. The lowest BCUT2D eigenvalue weighted by atomic mass is 10.2. The van der Waals surface area contributed by atoms with Crippen LogP contribution in [0, 0.1) is 17.0 Å². The SMILES string of the molecule is COc1cc(NC(=O)c2ccccn2)cc(OC)c1/N=N\c1ccc([N+](=O)[O-])c(C)c1. The van der Waals surface area contributed by atoms with Crippen LogP contribution < -0.4 is 14.8 Å². The minimum Gasteiger partial charge on any atom is -0.494 e. The number of methoxy groups -OCH3 is 2. The number of nitrogens with one attached hydrogen (secondary N) is 1. The number of ether oxygens (including phenoxy) is 2. The van der Waals surface area contributed by atoms with Crippen LogP contribution in [0.2, 0.25) is 0 Å². The summed E-state index contributed by atoms with van der Waals surface area (Å²) in [5.74, 6) is 0.247. The normalized spacial score (nSPS) is 10.7. The minimum absolute atomic E-state index is 0.00196. The highest BCUT2D eigenvalue weighted by Crippen LogP contribution is 2.41. The molecule has 0 aliphatic rings. The Bertz CT molecular complexity index is 1120. The molecular weight excluding hydrogens is 402 g/mol. The van der Waals surface area contributed by atoms with Crippen LogP contribution in [-0.4, -0.2) is 30.0 Å². The highest BCUT2D eigenvalue weighted by molar-refractivity contribution is 6.03. The van der Waals surface area contributed by atoms with Gasteiger partial charge in [-0.05, 0) is 31.2 Å². The first-order chi connectivity index (χ1) is 14.9. The Kier molecular flexibility index (Phi) is 6.51. The molecule has 10 nitrogen and oxygen atoms in total. The Hall–Kier alpha value is -4.34. The summed E-state index contributed by atoms with van der Waals surface area (Å²) in [6.07, 6.45) is 1.53. The molecule has 1 amide bonds. The average Bonchev–Trinajstić information content (AvgIpc) is 2.77. The average molecular weight is 421 g/mol. The van der Waals surface area contributed by atoms with E-state index in [2.05, 4.69) is 20.5 Å². The number of rotatable bonds is 7. The number of anilines is 1. The quantitative estimate of drug-likeness (QED) is 0.325. The van der Waals surface area contributed by atoms with Crippen molar-refractivity contribution < 1.29 is 19.2 Å². The van der Waals surface area contributed by atoms with E-state index in [0.717, 1.165) is 0 Å². The Labute approximate surface area is 177 Å². The number of hydrogen-bond acceptors (Lipinski definition) is 8. The van der Waals surface area contributed by atoms with Crippen LogP contribution in [-0.2, 0) is 0 Å². The summed E-state index contributed by atoms with van der Waals surface area (Å²) < 4.78 is 10.8. The third-order valence-electron chi connectivity index (χ3n) is 4.28. The highest BCUT2D eigenvalue weighted by atomic mass is 16.6. The fourth-order valence-corrected chi connectivity index (χ4v) is 2.77. The van der Waals surface area contributed by atoms with Gasteiger partial charge in [-0.3, -0.25) is 19.9 Å². The van der Waals surface area contributed by atoms with Gasteiger partial charge >= 0.3 is 0 Å². The minimum atomic E-state index is -0.458. The molecule has 0 atom stereocenters. The third kappa shape index (κ3) is 4.99. The lowest BCUT2D eigenvalue weighted by Gasteiger charge is -2.12. The van der Waals surface area contributed by atoms with Gasteiger partial charge in [0.2, 0.25) is 0 Å². The molecule has 0 radical (unpaired) electrons. The molecule has 0 unspecified atom stereocenters. The summed E-state index contributed by atoms with van der Waals surface area (Å²) in [6.45, 7) is 1.62. The third-order valence-corrected chi connectivity index (χ3v) is 4.28. The lowest BCUT2D eigenvalue weighted by Crippen LogP contribution is -2.13. The predicted octanol–water partition coefficient (Wildman–Crippen LogP) is 4.98. The second kappa shape index (κ2) is 9.44. The van der Waals surface area contributed by atoms with E-state index in [4.69, 9.17) is 9.47 Å². The van der Waals surface area contributed by atoms with Gasteiger partial charge in [-0.15, -0.1) is 5.11 Å². The van der Waals surface area contributed by atoms with Crippen LogP contribution in [0.3, 0.4) is 0 Å². The summed E-state index contributed by atoms with van der Waals surface area (Å²) in [5.41, 5.74) is 1.89. The van der Waals surface area contributed by atoms with Gasteiger partial charge in [0.15, 0.2) is 17.2 Å². The van der Waals surface area contributed by atoms with Crippen molar-refractivity contribution in [2.45, 2.75) is 6.92 Å². The number of benzene rings is 2. The molecular formula is C21H19N5O5. The molecule has 2 aromatic carbocycles. The second-order valence-corrected chi connectivity index (χ2v) is 6.33. The van der Waals surface area contributed by atoms with Gasteiger partial charge < -0.3 is 14.8 Å². The molecule has 1 heterocycles. The van der Waals surface area contributed by atoms with Crippen molar-refractivity contribution in [1.29, 1.82) is 0 Å². The molecule has 3 aromatic rings. The van der Waals surface area contributed by atoms with E-state index in [1.807, 2.05) is 0 Å². The highest BCUT2D eigenvalue weighted by Gasteiger charge is 2.16. The topological polar surface area (TPSA) is 128 Å². The maximum Gasteiger partial charge on any atom is 0.274 e. The van der Waals surface area contributed by atoms with Gasteiger partial charge in [0.1, 0.15) is 5.69 Å². The number of nitrogens with zero attached hydrogens (tertiary/aromatic N) is 4. The maximum atomic E-state index is 12.4. The van der Waals surface area contributed by atoms with E-state index in [0.29, 0.717) is 34.1 Å². The first kappa shape index (κ1) is 21.4. The maximum absolute atomic E-state index is 12.4. The number of azo groups is 1. The molecule has 0 bridgehead atoms. The van der Waals surface area contributed by atoms with Crippen molar-refractivity contribution in [3.8, 4) is 11.5 Å². The molecule has 0 aliphatic heterocycles. The molecule has 0 saturated heterocycles.